The van der Waals surface area contributed by atoms with Gasteiger partial charge in [-0.05, 0) is 31.5 Å². The number of rotatable bonds is 10. The molecule has 2 aromatic rings. The molecular formula is C20H24N4O9S. The van der Waals surface area contributed by atoms with E-state index in [1.807, 2.05) is 4.72 Å². The number of carbonyl (C=O) groups excluding carboxylic acids is 3. The van der Waals surface area contributed by atoms with Crippen molar-refractivity contribution < 1.29 is 37.2 Å². The highest BCUT2D eigenvalue weighted by molar-refractivity contribution is 7.89. The first kappa shape index (κ1) is 26.5. The van der Waals surface area contributed by atoms with Crippen molar-refractivity contribution in [2.45, 2.75) is 18.7 Å². The summed E-state index contributed by atoms with van der Waals surface area (Å²) in [5.41, 5.74) is 0.755. The van der Waals surface area contributed by atoms with Gasteiger partial charge < -0.3 is 19.4 Å². The van der Waals surface area contributed by atoms with E-state index in [0.717, 1.165) is 12.1 Å². The van der Waals surface area contributed by atoms with E-state index in [-0.39, 0.29) is 16.9 Å². The molecule has 2 rings (SSSR count). The number of aromatic nitrogens is 1. The Labute approximate surface area is 195 Å². The Balaban J connectivity index is 2.04. The molecule has 2 N–H and O–H groups in total. The van der Waals surface area contributed by atoms with E-state index < -0.39 is 56.4 Å². The summed E-state index contributed by atoms with van der Waals surface area (Å²) in [7, 11) is 0.0550. The second kappa shape index (κ2) is 10.4. The van der Waals surface area contributed by atoms with Crippen molar-refractivity contribution in [3.63, 3.8) is 0 Å². The van der Waals surface area contributed by atoms with Crippen LogP contribution in [0, 0.1) is 24.0 Å². The predicted molar refractivity (Wildman–Crippen MR) is 120 cm³/mol. The Hall–Kier alpha value is -3.78. The van der Waals surface area contributed by atoms with Crippen LogP contribution >= 0.6 is 0 Å². The zero-order chi connectivity index (χ0) is 25.8. The van der Waals surface area contributed by atoms with Crippen molar-refractivity contribution in [2.75, 3.05) is 39.3 Å². The van der Waals surface area contributed by atoms with Crippen LogP contribution in [-0.4, -0.2) is 70.4 Å². The van der Waals surface area contributed by atoms with Gasteiger partial charge in [-0.1, -0.05) is 0 Å². The van der Waals surface area contributed by atoms with E-state index in [9.17, 15) is 32.9 Å². The van der Waals surface area contributed by atoms with Crippen molar-refractivity contribution >= 4 is 39.1 Å². The van der Waals surface area contributed by atoms with Gasteiger partial charge in [-0.25, -0.2) is 13.2 Å². The fourth-order valence-electron chi connectivity index (χ4n) is 3.14. The summed E-state index contributed by atoms with van der Waals surface area (Å²) in [5, 5.41) is 11.3. The number of nitrogens with one attached hydrogen (secondary N) is 2. The summed E-state index contributed by atoms with van der Waals surface area (Å²) in [6.45, 7) is 1.59. The zero-order valence-electron chi connectivity index (χ0n) is 19.1. The number of ketones is 1. The van der Waals surface area contributed by atoms with E-state index in [0.29, 0.717) is 11.3 Å². The summed E-state index contributed by atoms with van der Waals surface area (Å²) in [6, 6.07) is 3.31. The maximum Gasteiger partial charge on any atom is 0.339 e. The number of nitro groups is 1. The van der Waals surface area contributed by atoms with Gasteiger partial charge in [0.2, 0.25) is 15.8 Å². The van der Waals surface area contributed by atoms with Gasteiger partial charge >= 0.3 is 11.9 Å². The number of aromatic amines is 1. The molecule has 0 atom stereocenters. The number of methoxy groups -OCH3 is 1. The molecule has 1 aromatic carbocycles. The van der Waals surface area contributed by atoms with Gasteiger partial charge in [0.15, 0.2) is 6.61 Å². The normalized spacial score (nSPS) is 11.1. The first-order chi connectivity index (χ1) is 15.8. The molecule has 0 spiro atoms. The minimum Gasteiger partial charge on any atom is -0.465 e. The number of hydrogen-bond acceptors (Lipinski definition) is 10. The van der Waals surface area contributed by atoms with Gasteiger partial charge in [0, 0.05) is 25.9 Å². The van der Waals surface area contributed by atoms with E-state index in [4.69, 9.17) is 4.74 Å². The van der Waals surface area contributed by atoms with Crippen LogP contribution in [0.1, 0.15) is 32.1 Å². The Morgan fingerprint density at radius 1 is 1.21 bits per heavy atom. The number of benzene rings is 1. The third-order valence-corrected chi connectivity index (χ3v) is 6.21. The minimum absolute atomic E-state index is 0.0552. The van der Waals surface area contributed by atoms with Gasteiger partial charge in [-0.2, -0.15) is 4.72 Å². The van der Waals surface area contributed by atoms with E-state index >= 15 is 0 Å². The lowest BCUT2D eigenvalue weighted by atomic mass is 10.1. The Kier molecular flexibility index (Phi) is 8.13. The highest BCUT2D eigenvalue weighted by Gasteiger charge is 2.25. The molecule has 0 radical (unpaired) electrons. The SMILES string of the molecule is COC(=O)c1c(C)[nH]c(C(=O)COC(=O)CNS(=O)(=O)c2ccc(N(C)C)c([N+](=O)[O-])c2)c1C. The fraction of sp³-hybridized carbons (Fsp3) is 0.350. The first-order valence-electron chi connectivity index (χ1n) is 9.71. The zero-order valence-corrected chi connectivity index (χ0v) is 19.9. The molecule has 0 fully saturated rings. The number of hydrogen-bond donors (Lipinski definition) is 2. The lowest BCUT2D eigenvalue weighted by molar-refractivity contribution is -0.384. The molecule has 0 saturated carbocycles. The van der Waals surface area contributed by atoms with Gasteiger partial charge in [0.05, 0.1) is 28.2 Å². The van der Waals surface area contributed by atoms with Gasteiger partial charge in [-0.3, -0.25) is 19.7 Å². The summed E-state index contributed by atoms with van der Waals surface area (Å²) < 4.78 is 36.4. The maximum absolute atomic E-state index is 12.5. The largest absolute Gasteiger partial charge is 0.465 e. The van der Waals surface area contributed by atoms with Gasteiger partial charge in [-0.15, -0.1) is 0 Å². The summed E-state index contributed by atoms with van der Waals surface area (Å²) in [4.78, 5) is 50.5. The van der Waals surface area contributed by atoms with Crippen LogP contribution in [-0.2, 0) is 24.3 Å². The molecule has 0 aliphatic rings. The lowest BCUT2D eigenvalue weighted by Gasteiger charge is -2.13. The Morgan fingerprint density at radius 2 is 1.85 bits per heavy atom. The number of aryl methyl sites for hydroxylation is 1. The number of nitrogens with zero attached hydrogens (tertiary/aromatic N) is 2. The Bertz CT molecular complexity index is 1250. The van der Waals surface area contributed by atoms with Crippen LogP contribution in [0.2, 0.25) is 0 Å². The number of esters is 2. The van der Waals surface area contributed by atoms with Crippen LogP contribution in [0.3, 0.4) is 0 Å². The van der Waals surface area contributed by atoms with Crippen molar-refractivity contribution in [1.29, 1.82) is 0 Å². The third kappa shape index (κ3) is 5.77. The average molecular weight is 496 g/mol. The number of anilines is 1. The highest BCUT2D eigenvalue weighted by atomic mass is 32.2. The quantitative estimate of drug-likeness (QED) is 0.209. The molecule has 1 aromatic heterocycles. The number of carbonyl (C=O) groups is 3. The molecule has 1 heterocycles. The van der Waals surface area contributed by atoms with Crippen molar-refractivity contribution in [1.82, 2.24) is 9.71 Å². The predicted octanol–water partition coefficient (Wildman–Crippen LogP) is 1.10. The number of H-pyrrole nitrogens is 1. The van der Waals surface area contributed by atoms with Crippen LogP contribution < -0.4 is 9.62 Å². The van der Waals surface area contributed by atoms with E-state index in [1.54, 1.807) is 21.0 Å². The molecule has 0 bridgehead atoms. The van der Waals surface area contributed by atoms with Crippen LogP contribution in [0.25, 0.3) is 0 Å². The van der Waals surface area contributed by atoms with E-state index in [2.05, 4.69) is 9.72 Å². The topological polar surface area (TPSA) is 178 Å². The fourth-order valence-corrected chi connectivity index (χ4v) is 4.13. The number of nitro benzene ring substituents is 1. The van der Waals surface area contributed by atoms with E-state index in [1.165, 1.54) is 25.0 Å². The molecule has 34 heavy (non-hydrogen) atoms. The highest BCUT2D eigenvalue weighted by Crippen LogP contribution is 2.29. The lowest BCUT2D eigenvalue weighted by Crippen LogP contribution is -2.31. The molecular weight excluding hydrogens is 472 g/mol. The van der Waals surface area contributed by atoms with Crippen molar-refractivity contribution in [2.24, 2.45) is 0 Å². The number of Topliss-reactive ketones (excluding diaryl/α,β-unsaturated/α-hetero) is 1. The second-order valence-electron chi connectivity index (χ2n) is 7.33. The molecule has 0 unspecified atom stereocenters. The molecule has 0 aliphatic carbocycles. The minimum atomic E-state index is -4.28. The molecule has 184 valence electrons. The summed E-state index contributed by atoms with van der Waals surface area (Å²) in [6.07, 6.45) is 0. The van der Waals surface area contributed by atoms with Gasteiger partial charge in [0.1, 0.15) is 12.2 Å². The molecule has 13 nitrogen and oxygen atoms in total. The Morgan fingerprint density at radius 3 is 2.41 bits per heavy atom. The summed E-state index contributed by atoms with van der Waals surface area (Å²) >= 11 is 0. The van der Waals surface area contributed by atoms with Crippen LogP contribution in [0.4, 0.5) is 11.4 Å². The van der Waals surface area contributed by atoms with Gasteiger partial charge in [0.25, 0.3) is 5.69 Å². The molecule has 0 saturated heterocycles. The molecule has 0 aliphatic heterocycles. The second-order valence-corrected chi connectivity index (χ2v) is 9.09. The van der Waals surface area contributed by atoms with Crippen LogP contribution in [0.15, 0.2) is 23.1 Å². The first-order valence-corrected chi connectivity index (χ1v) is 11.2. The molecule has 14 heteroatoms. The number of sulfonamides is 1. The number of ether oxygens (including phenoxy) is 2. The molecule has 0 amide bonds. The monoisotopic (exact) mass is 496 g/mol. The third-order valence-electron chi connectivity index (χ3n) is 4.81. The van der Waals surface area contributed by atoms with Crippen molar-refractivity contribution in [3.05, 3.63) is 50.8 Å². The standard InChI is InChI=1S/C20H24N4O9S/c1-11-18(20(27)32-5)12(2)22-19(11)16(25)10-33-17(26)9-21-34(30,31)13-6-7-14(23(3)4)15(8-13)24(28)29/h6-8,21-22H,9-10H2,1-5H3. The average Bonchev–Trinajstić information content (AvgIpc) is 3.08. The summed E-state index contributed by atoms with van der Waals surface area (Å²) in [5.74, 6) is -2.32. The van der Waals surface area contributed by atoms with Crippen LogP contribution in [0.5, 0.6) is 0 Å². The smallest absolute Gasteiger partial charge is 0.339 e. The maximum atomic E-state index is 12.5. The van der Waals surface area contributed by atoms with Crippen molar-refractivity contribution in [3.8, 4) is 0 Å².